The van der Waals surface area contributed by atoms with Gasteiger partial charge in [-0.05, 0) is 99.9 Å². The molecule has 0 saturated carbocycles. The molecule has 1 aromatic carbocycles. The summed E-state index contributed by atoms with van der Waals surface area (Å²) in [5.41, 5.74) is -4.00. The van der Waals surface area contributed by atoms with E-state index in [-0.39, 0.29) is 43.7 Å². The summed E-state index contributed by atoms with van der Waals surface area (Å²) in [7, 11) is 5.16. The minimum Gasteiger partial charge on any atom is -0.459 e. The molecule has 0 amide bonds. The summed E-state index contributed by atoms with van der Waals surface area (Å²) in [5.74, 6) is -3.19. The van der Waals surface area contributed by atoms with Crippen molar-refractivity contribution in [2.75, 3.05) is 27.7 Å². The number of aliphatic hydroxyl groups is 3. The first-order valence-corrected chi connectivity index (χ1v) is 21.8. The first kappa shape index (κ1) is 50.9. The Labute approximate surface area is 362 Å². The van der Waals surface area contributed by atoms with Gasteiger partial charge in [0, 0.05) is 25.5 Å². The van der Waals surface area contributed by atoms with Crippen LogP contribution in [-0.4, -0.2) is 150 Å². The summed E-state index contributed by atoms with van der Waals surface area (Å²) in [4.78, 5) is 42.9. The lowest BCUT2D eigenvalue weighted by molar-refractivity contribution is -0.308. The fraction of sp³-hybridized carbons (Fsp3) is 0.800. The Bertz CT molecular complexity index is 1580. The Morgan fingerprint density at radius 2 is 1.61 bits per heavy atom. The van der Waals surface area contributed by atoms with Crippen LogP contribution < -0.4 is 5.32 Å². The summed E-state index contributed by atoms with van der Waals surface area (Å²) in [6, 6.07) is 8.18. The second kappa shape index (κ2) is 21.3. The van der Waals surface area contributed by atoms with Gasteiger partial charge in [0.05, 0.1) is 35.9 Å². The van der Waals surface area contributed by atoms with Gasteiger partial charge in [0.15, 0.2) is 24.5 Å². The highest BCUT2D eigenvalue weighted by Gasteiger charge is 2.53. The molecule has 4 N–H and O–H groups in total. The van der Waals surface area contributed by atoms with E-state index in [1.165, 1.54) is 14.0 Å². The number of hydrogen-bond acceptors (Lipinski definition) is 16. The molecule has 61 heavy (non-hydrogen) atoms. The van der Waals surface area contributed by atoms with Crippen molar-refractivity contribution >= 4 is 17.9 Å². The SMILES string of the molecule is CC[C@H]1OC(=O)[C@H](C)[C@@H](OC2C[C@@](C)(OC)C(=O)[C@H](C)O2)[C@H](C)[C@@H](OC2O[C@H](C)C[C@H](N(C)C)[C@H]2OC(=O)OCc2ccccc2)C(C)(O)C[C@@H](C)CN[C@H](C)[C@@H](O)[C@]1(C)O. The molecule has 3 saturated heterocycles. The zero-order chi connectivity index (χ0) is 45.6. The molecule has 3 aliphatic rings. The molecule has 16 heteroatoms. The van der Waals surface area contributed by atoms with E-state index in [1.807, 2.05) is 63.2 Å². The molecule has 17 atom stereocenters. The summed E-state index contributed by atoms with van der Waals surface area (Å²) in [5, 5.41) is 39.1. The number of Topliss-reactive ketones (excluding diaryl/α,β-unsaturated/α-hetero) is 1. The van der Waals surface area contributed by atoms with Crippen LogP contribution in [0.3, 0.4) is 0 Å². The van der Waals surface area contributed by atoms with Crippen LogP contribution in [0, 0.1) is 17.8 Å². The number of carbonyl (C=O) groups is 3. The molecule has 3 heterocycles. The van der Waals surface area contributed by atoms with Gasteiger partial charge in [0.1, 0.15) is 36.1 Å². The van der Waals surface area contributed by atoms with E-state index in [0.717, 1.165) is 5.56 Å². The summed E-state index contributed by atoms with van der Waals surface area (Å²) in [6.45, 7) is 17.3. The number of ketones is 1. The van der Waals surface area contributed by atoms with E-state index in [0.29, 0.717) is 13.0 Å². The standard InChI is InChI=1S/C45H74N2O14/c1-14-33-45(10,53)37(48)29(6)46-23-25(2)21-43(8,52)39(27(4)35(28(5)40(50)58-33)59-34-22-44(9,54-13)38(49)30(7)57-34)61-41-36(32(47(11)12)20-26(3)56-41)60-42(51)55-24-31-18-16-15-17-19-31/h15-19,25-30,32-37,39,41,46,48,52-53H,14,20-24H2,1-13H3/t25-,26-,27+,28-,29-,30+,32+,33-,34?,35+,36-,37-,39-,41?,43?,44-,45-/m1/s1. The molecule has 4 rings (SSSR count). The molecule has 16 nitrogen and oxygen atoms in total. The van der Waals surface area contributed by atoms with Crippen LogP contribution in [0.1, 0.15) is 100 Å². The Hall–Kier alpha value is -2.77. The fourth-order valence-electron chi connectivity index (χ4n) is 9.19. The lowest BCUT2D eigenvalue weighted by Gasteiger charge is -2.48. The number of methoxy groups -OCH3 is 1. The topological polar surface area (TPSA) is 201 Å². The van der Waals surface area contributed by atoms with Gasteiger partial charge in [-0.25, -0.2) is 4.79 Å². The summed E-state index contributed by atoms with van der Waals surface area (Å²) in [6.07, 6.45) is -9.45. The monoisotopic (exact) mass is 867 g/mol. The number of nitrogens with zero attached hydrogens (tertiary/aromatic N) is 1. The first-order valence-electron chi connectivity index (χ1n) is 21.8. The van der Waals surface area contributed by atoms with E-state index >= 15 is 0 Å². The van der Waals surface area contributed by atoms with Gasteiger partial charge in [0.25, 0.3) is 0 Å². The molecule has 0 spiro atoms. The molecule has 0 radical (unpaired) electrons. The van der Waals surface area contributed by atoms with Gasteiger partial charge in [0.2, 0.25) is 0 Å². The highest BCUT2D eigenvalue weighted by Crippen LogP contribution is 2.40. The summed E-state index contributed by atoms with van der Waals surface area (Å²) < 4.78 is 49.5. The number of nitrogens with one attached hydrogen (secondary N) is 1. The smallest absolute Gasteiger partial charge is 0.459 e. The molecule has 1 aromatic rings. The van der Waals surface area contributed by atoms with E-state index in [2.05, 4.69) is 5.32 Å². The van der Waals surface area contributed by atoms with E-state index in [9.17, 15) is 29.7 Å². The van der Waals surface area contributed by atoms with Crippen LogP contribution in [0.4, 0.5) is 4.79 Å². The Morgan fingerprint density at radius 1 is 0.951 bits per heavy atom. The molecule has 348 valence electrons. The van der Waals surface area contributed by atoms with Crippen LogP contribution in [0.25, 0.3) is 0 Å². The maximum atomic E-state index is 14.4. The summed E-state index contributed by atoms with van der Waals surface area (Å²) >= 11 is 0. The third-order valence-electron chi connectivity index (χ3n) is 12.9. The predicted octanol–water partition coefficient (Wildman–Crippen LogP) is 4.13. The van der Waals surface area contributed by atoms with E-state index in [4.69, 9.17) is 37.9 Å². The largest absolute Gasteiger partial charge is 0.509 e. The average molecular weight is 867 g/mol. The third-order valence-corrected chi connectivity index (χ3v) is 12.9. The third kappa shape index (κ3) is 12.5. The van der Waals surface area contributed by atoms with Crippen molar-refractivity contribution in [2.45, 2.75) is 186 Å². The molecule has 3 aliphatic heterocycles. The lowest BCUT2D eigenvalue weighted by Crippen LogP contribution is -2.61. The van der Waals surface area contributed by atoms with E-state index < -0.39 is 102 Å². The number of cyclic esters (lactones) is 1. The highest BCUT2D eigenvalue weighted by atomic mass is 16.8. The van der Waals surface area contributed by atoms with Crippen molar-refractivity contribution in [1.82, 2.24) is 10.2 Å². The van der Waals surface area contributed by atoms with Crippen molar-refractivity contribution in [3.63, 3.8) is 0 Å². The van der Waals surface area contributed by atoms with Crippen molar-refractivity contribution in [2.24, 2.45) is 17.8 Å². The van der Waals surface area contributed by atoms with Crippen LogP contribution in [-0.2, 0) is 54.1 Å². The van der Waals surface area contributed by atoms with Crippen LogP contribution in [0.5, 0.6) is 0 Å². The Morgan fingerprint density at radius 3 is 2.21 bits per heavy atom. The lowest BCUT2D eigenvalue weighted by atomic mass is 9.77. The Kier molecular flexibility index (Phi) is 17.7. The highest BCUT2D eigenvalue weighted by molar-refractivity contribution is 5.91. The number of rotatable bonds is 10. The maximum absolute atomic E-state index is 14.4. The zero-order valence-electron chi connectivity index (χ0n) is 38.5. The van der Waals surface area contributed by atoms with Gasteiger partial charge in [-0.15, -0.1) is 0 Å². The normalized spacial score (nSPS) is 42.2. The average Bonchev–Trinajstić information content (AvgIpc) is 3.20. The number of hydrogen-bond donors (Lipinski definition) is 4. The molecule has 0 aliphatic carbocycles. The van der Waals surface area contributed by atoms with Crippen LogP contribution in [0.15, 0.2) is 30.3 Å². The van der Waals surface area contributed by atoms with Gasteiger partial charge >= 0.3 is 12.1 Å². The maximum Gasteiger partial charge on any atom is 0.509 e. The molecule has 0 bridgehead atoms. The molecule has 3 unspecified atom stereocenters. The van der Waals surface area contributed by atoms with Gasteiger partial charge in [-0.3, -0.25) is 9.59 Å². The van der Waals surface area contributed by atoms with Crippen LogP contribution >= 0.6 is 0 Å². The second-order valence-electron chi connectivity index (χ2n) is 18.6. The van der Waals surface area contributed by atoms with Crippen molar-refractivity contribution in [1.29, 1.82) is 0 Å². The Balaban J connectivity index is 1.81. The molecule has 0 aromatic heterocycles. The number of likely N-dealkylation sites (N-methyl/N-ethyl adjacent to an activating group) is 1. The second-order valence-corrected chi connectivity index (χ2v) is 18.6. The number of esters is 1. The molecule has 3 fully saturated rings. The molecular formula is C45H74N2O14. The van der Waals surface area contributed by atoms with Crippen molar-refractivity contribution < 1.29 is 67.6 Å². The fourth-order valence-corrected chi connectivity index (χ4v) is 9.19. The van der Waals surface area contributed by atoms with Gasteiger partial charge < -0.3 is 63.4 Å². The number of carbonyl (C=O) groups excluding carboxylic acids is 3. The predicted molar refractivity (Wildman–Crippen MR) is 224 cm³/mol. The minimum atomic E-state index is -1.85. The quantitative estimate of drug-likeness (QED) is 0.245. The van der Waals surface area contributed by atoms with Crippen molar-refractivity contribution in [3.05, 3.63) is 35.9 Å². The zero-order valence-corrected chi connectivity index (χ0v) is 38.5. The molecular weight excluding hydrogens is 792 g/mol. The van der Waals surface area contributed by atoms with E-state index in [1.54, 1.807) is 48.5 Å². The first-order chi connectivity index (χ1) is 28.4. The number of aliphatic hydroxyl groups excluding tert-OH is 1. The minimum absolute atomic E-state index is 0.00652. The van der Waals surface area contributed by atoms with Gasteiger partial charge in [-0.2, -0.15) is 0 Å². The van der Waals surface area contributed by atoms with Gasteiger partial charge in [-0.1, -0.05) is 51.1 Å². The van der Waals surface area contributed by atoms with Crippen LogP contribution in [0.2, 0.25) is 0 Å². The number of ether oxygens (including phenoxy) is 8. The van der Waals surface area contributed by atoms with Crippen molar-refractivity contribution in [3.8, 4) is 0 Å². The number of benzene rings is 1.